The van der Waals surface area contributed by atoms with Crippen LogP contribution in [0.4, 0.5) is 5.69 Å². The number of carbonyl (C=O) groups is 1. The molecule has 1 amide bonds. The van der Waals surface area contributed by atoms with Crippen LogP contribution < -0.4 is 20.1 Å². The van der Waals surface area contributed by atoms with Crippen molar-refractivity contribution in [2.45, 2.75) is 19.0 Å². The van der Waals surface area contributed by atoms with Gasteiger partial charge in [-0.1, -0.05) is 18.2 Å². The maximum atomic E-state index is 12.3. The summed E-state index contributed by atoms with van der Waals surface area (Å²) in [7, 11) is 3.18. The molecule has 0 aromatic heterocycles. The molecule has 1 heterocycles. The first-order chi connectivity index (χ1) is 11.1. The molecule has 2 aromatic carbocycles. The highest BCUT2D eigenvalue weighted by atomic mass is 16.5. The Morgan fingerprint density at radius 3 is 2.43 bits per heavy atom. The molecule has 0 aliphatic carbocycles. The van der Waals surface area contributed by atoms with Crippen LogP contribution in [0.1, 0.15) is 17.2 Å². The maximum Gasteiger partial charge on any atom is 0.247 e. The fraction of sp³-hybridized carbons (Fsp3) is 0.278. The van der Waals surface area contributed by atoms with Crippen molar-refractivity contribution in [3.8, 4) is 11.5 Å². The highest BCUT2D eigenvalue weighted by Gasteiger charge is 2.46. The molecule has 1 aliphatic heterocycles. The predicted molar refractivity (Wildman–Crippen MR) is 88.9 cm³/mol. The van der Waals surface area contributed by atoms with E-state index in [0.717, 1.165) is 16.8 Å². The van der Waals surface area contributed by atoms with Crippen molar-refractivity contribution < 1.29 is 14.3 Å². The zero-order valence-electron chi connectivity index (χ0n) is 13.4. The monoisotopic (exact) mass is 312 g/mol. The molecule has 1 aliphatic rings. The molecule has 1 fully saturated rings. The van der Waals surface area contributed by atoms with Crippen LogP contribution in [-0.2, 0) is 4.79 Å². The third-order valence-electron chi connectivity index (χ3n) is 4.17. The summed E-state index contributed by atoms with van der Waals surface area (Å²) in [6.07, 6.45) is 0. The van der Waals surface area contributed by atoms with Crippen LogP contribution >= 0.6 is 0 Å². The van der Waals surface area contributed by atoms with Crippen LogP contribution in [0.15, 0.2) is 42.5 Å². The van der Waals surface area contributed by atoms with Gasteiger partial charge in [0.2, 0.25) is 5.91 Å². The molecule has 0 saturated carbocycles. The minimum Gasteiger partial charge on any atom is -0.493 e. The second kappa shape index (κ2) is 5.93. The molecule has 2 unspecified atom stereocenters. The summed E-state index contributed by atoms with van der Waals surface area (Å²) in [5.41, 5.74) is 8.95. The summed E-state index contributed by atoms with van der Waals surface area (Å²) in [6.45, 7) is 2.00. The van der Waals surface area contributed by atoms with Crippen molar-refractivity contribution in [3.05, 3.63) is 53.6 Å². The third-order valence-corrected chi connectivity index (χ3v) is 4.17. The van der Waals surface area contributed by atoms with Gasteiger partial charge in [-0.3, -0.25) is 4.79 Å². The Balaban J connectivity index is 1.99. The molecule has 1 saturated heterocycles. The molecule has 0 bridgehead atoms. The largest absolute Gasteiger partial charge is 0.493 e. The summed E-state index contributed by atoms with van der Waals surface area (Å²) in [5.74, 6) is 1.20. The van der Waals surface area contributed by atoms with E-state index in [9.17, 15) is 4.79 Å². The minimum atomic E-state index is -0.548. The van der Waals surface area contributed by atoms with Crippen LogP contribution in [-0.4, -0.2) is 26.2 Å². The molecule has 5 nitrogen and oxygen atoms in total. The lowest BCUT2D eigenvalue weighted by Gasteiger charge is -2.45. The van der Waals surface area contributed by atoms with Gasteiger partial charge in [0.25, 0.3) is 0 Å². The van der Waals surface area contributed by atoms with E-state index in [1.165, 1.54) is 0 Å². The number of nitrogens with zero attached hydrogens (tertiary/aromatic N) is 1. The summed E-state index contributed by atoms with van der Waals surface area (Å²) in [6, 6.07) is 12.7. The molecule has 3 rings (SSSR count). The number of hydrogen-bond donors (Lipinski definition) is 1. The number of ether oxygens (including phenoxy) is 2. The van der Waals surface area contributed by atoms with Crippen molar-refractivity contribution >= 4 is 11.6 Å². The Bertz CT molecular complexity index is 745. The molecule has 120 valence electrons. The van der Waals surface area contributed by atoms with E-state index in [-0.39, 0.29) is 11.9 Å². The first kappa shape index (κ1) is 15.4. The average molecular weight is 312 g/mol. The molecular weight excluding hydrogens is 292 g/mol. The number of methoxy groups -OCH3 is 2. The first-order valence-electron chi connectivity index (χ1n) is 7.44. The van der Waals surface area contributed by atoms with Gasteiger partial charge < -0.3 is 20.1 Å². The lowest BCUT2D eigenvalue weighted by Crippen LogP contribution is -2.63. The van der Waals surface area contributed by atoms with Crippen LogP contribution in [0, 0.1) is 6.92 Å². The summed E-state index contributed by atoms with van der Waals surface area (Å²) in [5, 5.41) is 0. The fourth-order valence-corrected chi connectivity index (χ4v) is 2.97. The molecular formula is C18H20N2O3. The van der Waals surface area contributed by atoms with Crippen LogP contribution in [0.5, 0.6) is 11.5 Å². The SMILES string of the molecule is COc1ccc(C2C(N)C(=O)N2c2cccc(C)c2)cc1OC. The zero-order chi connectivity index (χ0) is 16.6. The topological polar surface area (TPSA) is 64.8 Å². The number of aryl methyl sites for hydroxylation is 1. The summed E-state index contributed by atoms with van der Waals surface area (Å²) < 4.78 is 10.6. The van der Waals surface area contributed by atoms with Gasteiger partial charge in [0.15, 0.2) is 11.5 Å². The van der Waals surface area contributed by atoms with E-state index >= 15 is 0 Å². The number of benzene rings is 2. The van der Waals surface area contributed by atoms with E-state index in [0.29, 0.717) is 11.5 Å². The van der Waals surface area contributed by atoms with Gasteiger partial charge >= 0.3 is 0 Å². The molecule has 2 atom stereocenters. The van der Waals surface area contributed by atoms with Crippen molar-refractivity contribution in [1.82, 2.24) is 0 Å². The van der Waals surface area contributed by atoms with Crippen molar-refractivity contribution in [2.75, 3.05) is 19.1 Å². The van der Waals surface area contributed by atoms with Gasteiger partial charge in [0.1, 0.15) is 6.04 Å². The molecule has 2 aromatic rings. The number of rotatable bonds is 4. The highest BCUT2D eigenvalue weighted by Crippen LogP contribution is 2.41. The smallest absolute Gasteiger partial charge is 0.247 e. The van der Waals surface area contributed by atoms with E-state index in [1.807, 2.05) is 49.4 Å². The Kier molecular flexibility index (Phi) is 3.96. The van der Waals surface area contributed by atoms with E-state index in [1.54, 1.807) is 19.1 Å². The number of anilines is 1. The standard InChI is InChI=1S/C18H20N2O3/c1-11-5-4-6-13(9-11)20-17(16(19)18(20)21)12-7-8-14(22-2)15(10-12)23-3/h4-10,16-17H,19H2,1-3H3. The Labute approximate surface area is 135 Å². The van der Waals surface area contributed by atoms with Gasteiger partial charge in [-0.25, -0.2) is 0 Å². The van der Waals surface area contributed by atoms with Crippen LogP contribution in [0.25, 0.3) is 0 Å². The number of hydrogen-bond acceptors (Lipinski definition) is 4. The van der Waals surface area contributed by atoms with Crippen molar-refractivity contribution in [3.63, 3.8) is 0 Å². The molecule has 0 radical (unpaired) electrons. The van der Waals surface area contributed by atoms with Gasteiger partial charge in [-0.05, 0) is 42.3 Å². The Morgan fingerprint density at radius 1 is 1.04 bits per heavy atom. The highest BCUT2D eigenvalue weighted by molar-refractivity contribution is 6.05. The first-order valence-corrected chi connectivity index (χ1v) is 7.44. The van der Waals surface area contributed by atoms with E-state index in [2.05, 4.69) is 0 Å². The third kappa shape index (κ3) is 2.53. The van der Waals surface area contributed by atoms with Gasteiger partial charge in [0.05, 0.1) is 20.3 Å². The Hall–Kier alpha value is -2.53. The van der Waals surface area contributed by atoms with Gasteiger partial charge in [0, 0.05) is 5.69 Å². The van der Waals surface area contributed by atoms with E-state index < -0.39 is 6.04 Å². The minimum absolute atomic E-state index is 0.0737. The summed E-state index contributed by atoms with van der Waals surface area (Å²) >= 11 is 0. The van der Waals surface area contributed by atoms with Crippen molar-refractivity contribution in [1.29, 1.82) is 0 Å². The quantitative estimate of drug-likeness (QED) is 0.881. The fourth-order valence-electron chi connectivity index (χ4n) is 2.97. The van der Waals surface area contributed by atoms with Crippen LogP contribution in [0.3, 0.4) is 0 Å². The second-order valence-corrected chi connectivity index (χ2v) is 5.63. The number of β-lactam (4-membered cyclic amide) rings is 1. The van der Waals surface area contributed by atoms with Crippen LogP contribution in [0.2, 0.25) is 0 Å². The average Bonchev–Trinajstić information content (AvgIpc) is 2.58. The second-order valence-electron chi connectivity index (χ2n) is 5.63. The number of carbonyl (C=O) groups excluding carboxylic acids is 1. The molecule has 23 heavy (non-hydrogen) atoms. The van der Waals surface area contributed by atoms with Crippen molar-refractivity contribution in [2.24, 2.45) is 5.73 Å². The molecule has 5 heteroatoms. The lowest BCUT2D eigenvalue weighted by molar-refractivity contribution is -0.126. The number of nitrogens with two attached hydrogens (primary N) is 1. The predicted octanol–water partition coefficient (Wildman–Crippen LogP) is 2.43. The maximum absolute atomic E-state index is 12.3. The van der Waals surface area contributed by atoms with E-state index in [4.69, 9.17) is 15.2 Å². The normalized spacial score (nSPS) is 20.2. The lowest BCUT2D eigenvalue weighted by atomic mass is 9.88. The molecule has 2 N–H and O–H groups in total. The number of amides is 1. The zero-order valence-corrected chi connectivity index (χ0v) is 13.4. The van der Waals surface area contributed by atoms with Gasteiger partial charge in [-0.15, -0.1) is 0 Å². The van der Waals surface area contributed by atoms with Gasteiger partial charge in [-0.2, -0.15) is 0 Å². The Morgan fingerprint density at radius 2 is 1.78 bits per heavy atom. The molecule has 0 spiro atoms. The summed E-state index contributed by atoms with van der Waals surface area (Å²) in [4.78, 5) is 14.0.